The van der Waals surface area contributed by atoms with E-state index in [0.29, 0.717) is 5.92 Å². The van der Waals surface area contributed by atoms with E-state index in [1.54, 1.807) is 0 Å². The molecular weight excluding hydrogens is 492 g/mol. The van der Waals surface area contributed by atoms with E-state index in [2.05, 4.69) is 58.7 Å². The summed E-state index contributed by atoms with van der Waals surface area (Å²) in [5.41, 5.74) is 2.65. The van der Waals surface area contributed by atoms with Crippen LogP contribution in [0.25, 0.3) is 0 Å². The predicted molar refractivity (Wildman–Crippen MR) is 88.7 cm³/mol. The van der Waals surface area contributed by atoms with E-state index in [1.807, 2.05) is 17.8 Å². The second-order valence-corrected chi connectivity index (χ2v) is 6.01. The molecule has 2 heterocycles. The third kappa shape index (κ3) is 4.71. The number of nitrogens with zero attached hydrogens (tertiary/aromatic N) is 5. The summed E-state index contributed by atoms with van der Waals surface area (Å²) in [5, 5.41) is 27.1. The van der Waals surface area contributed by atoms with Crippen LogP contribution in [0.2, 0.25) is 0 Å². The van der Waals surface area contributed by atoms with E-state index in [4.69, 9.17) is 10.3 Å². The van der Waals surface area contributed by atoms with Crippen LogP contribution in [-0.4, -0.2) is 55.2 Å². The van der Waals surface area contributed by atoms with Crippen molar-refractivity contribution >= 4 is 0 Å². The Bertz CT molecular complexity index is 624. The van der Waals surface area contributed by atoms with Crippen LogP contribution in [0.5, 0.6) is 0 Å². The molecule has 0 amide bonds. The molecule has 138 valence electrons. The van der Waals surface area contributed by atoms with Gasteiger partial charge in [-0.3, -0.25) is 7.05 Å². The summed E-state index contributed by atoms with van der Waals surface area (Å²) in [6.07, 6.45) is 0.982. The molecule has 0 radical (unpaired) electrons. The van der Waals surface area contributed by atoms with Crippen LogP contribution >= 0.6 is 0 Å². The van der Waals surface area contributed by atoms with Crippen molar-refractivity contribution < 1.29 is 31.4 Å². The number of hydroxylamine groups is 1. The Hall–Kier alpha value is -1.18. The fraction of sp³-hybridized carbons (Fsp3) is 0.500. The topological polar surface area (TPSA) is 99.3 Å². The molecule has 1 saturated heterocycles. The van der Waals surface area contributed by atoms with Gasteiger partial charge in [0.1, 0.15) is 6.73 Å². The van der Waals surface area contributed by atoms with E-state index in [-0.39, 0.29) is 33.2 Å². The number of piperidine rings is 1. The molecule has 0 spiro atoms. The Balaban J connectivity index is 0.000000568. The first-order chi connectivity index (χ1) is 11.6. The Morgan fingerprint density at radius 2 is 2.00 bits per heavy atom. The molecule has 2 unspecified atom stereocenters. The number of rotatable bonds is 3. The number of aromatic nitrogens is 4. The van der Waals surface area contributed by atoms with Gasteiger partial charge in [-0.25, -0.2) is 4.68 Å². The molecule has 0 saturated carbocycles. The molecule has 25 heavy (non-hydrogen) atoms. The maximum atomic E-state index is 7.51. The summed E-state index contributed by atoms with van der Waals surface area (Å²) < 4.78 is 1.81. The van der Waals surface area contributed by atoms with Gasteiger partial charge in [-0.15, -0.1) is 5.10 Å². The molecule has 0 aliphatic carbocycles. The average Bonchev–Trinajstić information content (AvgIpc) is 3.03. The zero-order valence-corrected chi connectivity index (χ0v) is 17.5. The second kappa shape index (κ2) is 10.1. The van der Waals surface area contributed by atoms with Crippen LogP contribution in [0.3, 0.4) is 0 Å². The standard InChI is InChI=1S/C15H20N5.CH5NO2.W/c1-12-11-19(2)10-9-15(12,13-7-5-4-6-8-13)14-16-17-18-20(14)3;3-1-2-4;/h4-8,12H,2,9-11H2,1,3H3;2-4H,1H2;/q-1;;. The van der Waals surface area contributed by atoms with Crippen molar-refractivity contribution in [1.82, 2.24) is 30.6 Å². The maximum absolute atomic E-state index is 7.51. The fourth-order valence-corrected chi connectivity index (χ4v) is 3.45. The summed E-state index contributed by atoms with van der Waals surface area (Å²) >= 11 is 0. The zero-order valence-electron chi connectivity index (χ0n) is 14.5. The van der Waals surface area contributed by atoms with Gasteiger partial charge in [0, 0.05) is 28.1 Å². The van der Waals surface area contributed by atoms with Gasteiger partial charge >= 0.3 is 0 Å². The van der Waals surface area contributed by atoms with Crippen molar-refractivity contribution in [3.05, 3.63) is 48.8 Å². The molecule has 1 fully saturated rings. The van der Waals surface area contributed by atoms with E-state index < -0.39 is 0 Å². The molecule has 1 aromatic carbocycles. The number of hydrogen-bond donors (Lipinski definition) is 3. The van der Waals surface area contributed by atoms with Crippen LogP contribution in [0.15, 0.2) is 30.3 Å². The summed E-state index contributed by atoms with van der Waals surface area (Å²) in [4.78, 5) is 2.13. The van der Waals surface area contributed by atoms with Crippen LogP contribution in [0, 0.1) is 13.0 Å². The normalized spacial score (nSPS) is 23.3. The van der Waals surface area contributed by atoms with E-state index in [0.717, 1.165) is 25.3 Å². The first-order valence-electron chi connectivity index (χ1n) is 7.88. The Morgan fingerprint density at radius 3 is 2.48 bits per heavy atom. The van der Waals surface area contributed by atoms with E-state index in [1.165, 1.54) is 11.0 Å². The minimum absolute atomic E-state index is 0. The van der Waals surface area contributed by atoms with Gasteiger partial charge in [0.05, 0.1) is 5.41 Å². The van der Waals surface area contributed by atoms with Crippen molar-refractivity contribution in [3.63, 3.8) is 0 Å². The molecular formula is C16H25N6O2W-. The molecule has 2 atom stereocenters. The number of nitrogens with one attached hydrogen (secondary N) is 1. The first-order valence-corrected chi connectivity index (χ1v) is 7.88. The summed E-state index contributed by atoms with van der Waals surface area (Å²) in [6.45, 7) is 3.78. The van der Waals surface area contributed by atoms with Crippen LogP contribution in [0.1, 0.15) is 24.7 Å². The van der Waals surface area contributed by atoms with Crippen molar-refractivity contribution in [2.24, 2.45) is 13.0 Å². The molecule has 3 rings (SSSR count). The maximum Gasteiger partial charge on any atom is 0.161 e. The van der Waals surface area contributed by atoms with E-state index >= 15 is 0 Å². The Labute approximate surface area is 162 Å². The molecule has 1 aliphatic rings. The number of aliphatic hydroxyl groups is 1. The number of benzene rings is 1. The van der Waals surface area contributed by atoms with Gasteiger partial charge in [0.25, 0.3) is 0 Å². The van der Waals surface area contributed by atoms with Gasteiger partial charge in [0.2, 0.25) is 0 Å². The minimum atomic E-state index is -0.375. The van der Waals surface area contributed by atoms with Crippen molar-refractivity contribution in [3.8, 4) is 0 Å². The third-order valence-electron chi connectivity index (χ3n) is 4.57. The Kier molecular flexibility index (Phi) is 8.82. The number of aryl methyl sites for hydroxylation is 1. The van der Waals surface area contributed by atoms with Crippen LogP contribution in [-0.2, 0) is 33.5 Å². The first kappa shape index (κ1) is 21.9. The third-order valence-corrected chi connectivity index (χ3v) is 4.57. The van der Waals surface area contributed by atoms with Gasteiger partial charge < -0.3 is 15.2 Å². The van der Waals surface area contributed by atoms with Gasteiger partial charge in [-0.2, -0.15) is 5.48 Å². The largest absolute Gasteiger partial charge is 0.459 e. The summed E-state index contributed by atoms with van der Waals surface area (Å²) in [6, 6.07) is 10.6. The molecule has 2 aromatic rings. The quantitative estimate of drug-likeness (QED) is 0.311. The number of hydrogen-bond acceptors (Lipinski definition) is 7. The smallest absolute Gasteiger partial charge is 0.161 e. The summed E-state index contributed by atoms with van der Waals surface area (Å²) in [5.74, 6) is 1.35. The zero-order chi connectivity index (χ0) is 17.6. The predicted octanol–water partition coefficient (Wildman–Crippen LogP) is 0.542. The monoisotopic (exact) mass is 517 g/mol. The number of aliphatic hydroxyl groups excluding tert-OH is 1. The van der Waals surface area contributed by atoms with Crippen molar-refractivity contribution in [1.29, 1.82) is 0 Å². The van der Waals surface area contributed by atoms with Gasteiger partial charge in [0.15, 0.2) is 5.82 Å². The minimum Gasteiger partial charge on any atom is -0.459 e. The van der Waals surface area contributed by atoms with Crippen molar-refractivity contribution in [2.45, 2.75) is 18.8 Å². The average molecular weight is 517 g/mol. The summed E-state index contributed by atoms with van der Waals surface area (Å²) in [7, 11) is 6.01. The molecule has 0 bridgehead atoms. The Morgan fingerprint density at radius 1 is 1.36 bits per heavy atom. The van der Waals surface area contributed by atoms with Gasteiger partial charge in [-0.05, 0) is 41.4 Å². The van der Waals surface area contributed by atoms with Crippen molar-refractivity contribution in [2.75, 3.05) is 19.8 Å². The molecule has 1 aliphatic heterocycles. The van der Waals surface area contributed by atoms with Crippen LogP contribution in [0.4, 0.5) is 0 Å². The molecule has 1 aromatic heterocycles. The van der Waals surface area contributed by atoms with E-state index in [9.17, 15) is 0 Å². The molecule has 9 heteroatoms. The molecule has 3 N–H and O–H groups in total. The number of likely N-dealkylation sites (tertiary alicyclic amines) is 1. The molecule has 8 nitrogen and oxygen atoms in total. The number of tetrazole rings is 1. The fourth-order valence-electron chi connectivity index (χ4n) is 3.45. The second-order valence-electron chi connectivity index (χ2n) is 6.01. The van der Waals surface area contributed by atoms with Crippen LogP contribution < -0.4 is 5.48 Å². The SMILES string of the molecule is OCNO.[CH2-]N1CCC(c2ccccc2)(c2nnnn2C)C(C)C1.[W]. The van der Waals surface area contributed by atoms with Gasteiger partial charge in [-0.1, -0.05) is 37.3 Å².